The molecule has 6 nitrogen and oxygen atoms in total. The highest BCUT2D eigenvalue weighted by Gasteiger charge is 2.29. The van der Waals surface area contributed by atoms with Crippen LogP contribution in [0.2, 0.25) is 0 Å². The van der Waals surface area contributed by atoms with Gasteiger partial charge in [-0.05, 0) is 55.6 Å². The maximum absolute atomic E-state index is 5.08. The Morgan fingerprint density at radius 2 is 1.90 bits per heavy atom. The van der Waals surface area contributed by atoms with Crippen molar-refractivity contribution in [1.29, 1.82) is 0 Å². The molecule has 2 saturated heterocycles. The monoisotopic (exact) mass is 400 g/mol. The number of H-pyrrole nitrogens is 1. The zero-order valence-electron chi connectivity index (χ0n) is 17.2. The number of imidazole rings is 2. The van der Waals surface area contributed by atoms with Crippen LogP contribution in [0.1, 0.15) is 42.6 Å². The Labute approximate surface area is 176 Å². The number of likely N-dealkylation sites (tertiary alicyclic amines) is 1. The molecule has 2 aliphatic heterocycles. The van der Waals surface area contributed by atoms with Gasteiger partial charge in [-0.15, -0.1) is 0 Å². The molecule has 2 N–H and O–H groups in total. The van der Waals surface area contributed by atoms with E-state index >= 15 is 0 Å². The Hall–Kier alpha value is -2.70. The van der Waals surface area contributed by atoms with Crippen molar-refractivity contribution in [1.82, 2.24) is 29.7 Å². The van der Waals surface area contributed by atoms with Crippen LogP contribution in [0.3, 0.4) is 0 Å². The Morgan fingerprint density at radius 1 is 1.00 bits per heavy atom. The van der Waals surface area contributed by atoms with Gasteiger partial charge in [0.1, 0.15) is 5.82 Å². The van der Waals surface area contributed by atoms with E-state index in [-0.39, 0.29) is 0 Å². The minimum atomic E-state index is 0.538. The first-order valence-electron chi connectivity index (χ1n) is 11.2. The van der Waals surface area contributed by atoms with Gasteiger partial charge in [-0.1, -0.05) is 18.2 Å². The molecule has 6 rings (SSSR count). The summed E-state index contributed by atoms with van der Waals surface area (Å²) in [6.07, 6.45) is 5.32. The molecule has 2 aliphatic rings. The molecule has 4 aromatic rings. The number of aromatic nitrogens is 4. The van der Waals surface area contributed by atoms with Crippen LogP contribution in [0.15, 0.2) is 48.8 Å². The van der Waals surface area contributed by atoms with Crippen molar-refractivity contribution in [3.8, 4) is 0 Å². The zero-order valence-corrected chi connectivity index (χ0v) is 17.2. The minimum Gasteiger partial charge on any atom is -0.345 e. The lowest BCUT2D eigenvalue weighted by molar-refractivity contribution is 0.179. The lowest BCUT2D eigenvalue weighted by Crippen LogP contribution is -2.34. The minimum absolute atomic E-state index is 0.538. The van der Waals surface area contributed by atoms with E-state index in [1.165, 1.54) is 36.2 Å². The van der Waals surface area contributed by atoms with Crippen LogP contribution in [0, 0.1) is 0 Å². The van der Waals surface area contributed by atoms with Crippen molar-refractivity contribution in [2.24, 2.45) is 0 Å². The predicted molar refractivity (Wildman–Crippen MR) is 120 cm³/mol. The summed E-state index contributed by atoms with van der Waals surface area (Å²) < 4.78 is 2.58. The smallest absolute Gasteiger partial charge is 0.114 e. The molecule has 30 heavy (non-hydrogen) atoms. The summed E-state index contributed by atoms with van der Waals surface area (Å²) in [5.74, 6) is 1.83. The highest BCUT2D eigenvalue weighted by molar-refractivity contribution is 5.76. The summed E-state index contributed by atoms with van der Waals surface area (Å²) in [6.45, 7) is 5.41. The lowest BCUT2D eigenvalue weighted by Gasteiger charge is -2.34. The third-order valence-corrected chi connectivity index (χ3v) is 6.86. The number of nitrogens with zero attached hydrogens (tertiary/aromatic N) is 4. The van der Waals surface area contributed by atoms with E-state index < -0.39 is 0 Å². The Balaban J connectivity index is 1.21. The number of hydrogen-bond donors (Lipinski definition) is 2. The second-order valence-corrected chi connectivity index (χ2v) is 8.78. The molecule has 154 valence electrons. The summed E-state index contributed by atoms with van der Waals surface area (Å²) in [5, 5.41) is 3.52. The van der Waals surface area contributed by atoms with Crippen LogP contribution < -0.4 is 5.32 Å². The fourth-order valence-electron chi connectivity index (χ4n) is 5.28. The predicted octanol–water partition coefficient (Wildman–Crippen LogP) is 3.83. The summed E-state index contributed by atoms with van der Waals surface area (Å²) in [5.41, 5.74) is 5.98. The molecule has 6 heteroatoms. The molecular weight excluding hydrogens is 372 g/mol. The van der Waals surface area contributed by atoms with Gasteiger partial charge < -0.3 is 14.9 Å². The molecule has 2 fully saturated rings. The van der Waals surface area contributed by atoms with Crippen LogP contribution in [0.25, 0.3) is 22.1 Å². The molecule has 0 spiro atoms. The molecule has 0 saturated carbocycles. The molecule has 1 atom stereocenters. The Bertz CT molecular complexity index is 1160. The number of para-hydroxylation sites is 2. The number of nitrogens with one attached hydrogen (secondary N) is 2. The highest BCUT2D eigenvalue weighted by atomic mass is 15.2. The van der Waals surface area contributed by atoms with Crippen molar-refractivity contribution in [2.45, 2.75) is 37.8 Å². The summed E-state index contributed by atoms with van der Waals surface area (Å²) in [6, 6.07) is 15.8. The zero-order chi connectivity index (χ0) is 19.9. The number of fused-ring (bicyclic) bond motifs is 2. The normalized spacial score (nSPS) is 21.1. The van der Waals surface area contributed by atoms with Crippen molar-refractivity contribution in [3.63, 3.8) is 0 Å². The van der Waals surface area contributed by atoms with E-state index in [2.05, 4.69) is 67.2 Å². The van der Waals surface area contributed by atoms with E-state index in [9.17, 15) is 0 Å². The van der Waals surface area contributed by atoms with E-state index in [4.69, 9.17) is 4.98 Å². The van der Waals surface area contributed by atoms with E-state index in [1.807, 2.05) is 0 Å². The number of piperidine rings is 1. The molecule has 0 bridgehead atoms. The molecule has 2 aromatic carbocycles. The van der Waals surface area contributed by atoms with Gasteiger partial charge in [0.15, 0.2) is 0 Å². The van der Waals surface area contributed by atoms with Gasteiger partial charge in [-0.25, -0.2) is 9.97 Å². The third-order valence-electron chi connectivity index (χ3n) is 6.86. The SMILES string of the molecule is c1ccc2c(c1)nc(C1CCNC1)n2C1CCN(Cc2ccc3nc[nH]c3c2)CC1. The van der Waals surface area contributed by atoms with Crippen LogP contribution in [-0.4, -0.2) is 50.6 Å². The standard InChI is InChI=1S/C24H28N6/c1-2-4-23-21(3-1)28-24(18-7-10-25-14-18)30(23)19-8-11-29(12-9-19)15-17-5-6-20-22(13-17)27-16-26-20/h1-6,13,16,18-19,25H,7-12,14-15H2,(H,26,27). The second kappa shape index (κ2) is 7.52. The van der Waals surface area contributed by atoms with Gasteiger partial charge in [0.2, 0.25) is 0 Å². The van der Waals surface area contributed by atoms with Gasteiger partial charge in [0, 0.05) is 38.1 Å². The van der Waals surface area contributed by atoms with Crippen LogP contribution in [-0.2, 0) is 6.54 Å². The van der Waals surface area contributed by atoms with E-state index in [1.54, 1.807) is 6.33 Å². The fraction of sp³-hybridized carbons (Fsp3) is 0.417. The highest BCUT2D eigenvalue weighted by Crippen LogP contribution is 2.34. The number of rotatable bonds is 4. The fourth-order valence-corrected chi connectivity index (χ4v) is 5.28. The maximum atomic E-state index is 5.08. The quantitative estimate of drug-likeness (QED) is 0.547. The van der Waals surface area contributed by atoms with Crippen molar-refractivity contribution < 1.29 is 0 Å². The first-order chi connectivity index (χ1) is 14.8. The first kappa shape index (κ1) is 18.1. The van der Waals surface area contributed by atoms with Crippen molar-refractivity contribution in [3.05, 3.63) is 60.2 Å². The topological polar surface area (TPSA) is 61.8 Å². The molecule has 0 radical (unpaired) electrons. The van der Waals surface area contributed by atoms with E-state index in [0.717, 1.165) is 49.3 Å². The van der Waals surface area contributed by atoms with Gasteiger partial charge in [-0.3, -0.25) is 4.90 Å². The average Bonchev–Trinajstić information content (AvgIpc) is 3.53. The number of hydrogen-bond acceptors (Lipinski definition) is 4. The van der Waals surface area contributed by atoms with Gasteiger partial charge in [0.25, 0.3) is 0 Å². The molecule has 0 aliphatic carbocycles. The Kier molecular flexibility index (Phi) is 4.54. The largest absolute Gasteiger partial charge is 0.345 e. The number of benzene rings is 2. The molecule has 1 unspecified atom stereocenters. The van der Waals surface area contributed by atoms with Gasteiger partial charge >= 0.3 is 0 Å². The molecule has 4 heterocycles. The van der Waals surface area contributed by atoms with Crippen molar-refractivity contribution in [2.75, 3.05) is 26.2 Å². The van der Waals surface area contributed by atoms with E-state index in [0.29, 0.717) is 12.0 Å². The van der Waals surface area contributed by atoms with Crippen LogP contribution in [0.4, 0.5) is 0 Å². The third kappa shape index (κ3) is 3.20. The summed E-state index contributed by atoms with van der Waals surface area (Å²) in [4.78, 5) is 15.2. The lowest BCUT2D eigenvalue weighted by atomic mass is 10.0. The first-order valence-corrected chi connectivity index (χ1v) is 11.2. The van der Waals surface area contributed by atoms with Crippen LogP contribution in [0.5, 0.6) is 0 Å². The second-order valence-electron chi connectivity index (χ2n) is 8.78. The summed E-state index contributed by atoms with van der Waals surface area (Å²) >= 11 is 0. The summed E-state index contributed by atoms with van der Waals surface area (Å²) in [7, 11) is 0. The molecule has 2 aromatic heterocycles. The Morgan fingerprint density at radius 3 is 2.77 bits per heavy atom. The maximum Gasteiger partial charge on any atom is 0.114 e. The van der Waals surface area contributed by atoms with Crippen molar-refractivity contribution >= 4 is 22.1 Å². The van der Waals surface area contributed by atoms with Gasteiger partial charge in [0.05, 0.1) is 28.4 Å². The number of aromatic amines is 1. The average molecular weight is 401 g/mol. The van der Waals surface area contributed by atoms with Gasteiger partial charge in [-0.2, -0.15) is 0 Å². The molecular formula is C24H28N6. The van der Waals surface area contributed by atoms with Crippen LogP contribution >= 0.6 is 0 Å². The molecule has 0 amide bonds.